The Morgan fingerprint density at radius 1 is 1.29 bits per heavy atom. The summed E-state index contributed by atoms with van der Waals surface area (Å²) in [4.78, 5) is 0. The molecule has 0 bridgehead atoms. The lowest BCUT2D eigenvalue weighted by Gasteiger charge is -2.34. The van der Waals surface area contributed by atoms with Crippen molar-refractivity contribution >= 4 is 0 Å². The van der Waals surface area contributed by atoms with Gasteiger partial charge in [-0.15, -0.1) is 0 Å². The van der Waals surface area contributed by atoms with Gasteiger partial charge in [-0.3, -0.25) is 0 Å². The lowest BCUT2D eigenvalue weighted by molar-refractivity contribution is -0.0572. The smallest absolute Gasteiger partial charge is 0.103 e. The Morgan fingerprint density at radius 3 is 2.57 bits per heavy atom. The summed E-state index contributed by atoms with van der Waals surface area (Å²) in [5, 5.41) is 3.36. The van der Waals surface area contributed by atoms with Gasteiger partial charge in [0.05, 0.1) is 6.61 Å². The van der Waals surface area contributed by atoms with Crippen LogP contribution in [0.25, 0.3) is 0 Å². The summed E-state index contributed by atoms with van der Waals surface area (Å²) in [5.41, 5.74) is 2.41. The zero-order chi connectivity index (χ0) is 10.0. The summed E-state index contributed by atoms with van der Waals surface area (Å²) in [6.45, 7) is 6.90. The predicted molar refractivity (Wildman–Crippen MR) is 57.4 cm³/mol. The first-order chi connectivity index (χ1) is 6.71. The van der Waals surface area contributed by atoms with Gasteiger partial charge in [-0.1, -0.05) is 29.8 Å². The Labute approximate surface area is 85.3 Å². The number of rotatable bonds is 1. The molecule has 1 atom stereocenters. The molecule has 1 fully saturated rings. The van der Waals surface area contributed by atoms with Crippen LogP contribution in [0.1, 0.15) is 18.1 Å². The average Bonchev–Trinajstić information content (AvgIpc) is 2.19. The fourth-order valence-corrected chi connectivity index (χ4v) is 1.82. The SMILES string of the molecule is Cc1ccc(C2(C)CNCCO2)cc1. The highest BCUT2D eigenvalue weighted by Gasteiger charge is 2.29. The Kier molecular flexibility index (Phi) is 2.57. The average molecular weight is 191 g/mol. The highest BCUT2D eigenvalue weighted by atomic mass is 16.5. The summed E-state index contributed by atoms with van der Waals surface area (Å²) in [7, 11) is 0. The molecule has 2 rings (SSSR count). The van der Waals surface area contributed by atoms with Crippen LogP contribution < -0.4 is 5.32 Å². The molecule has 76 valence electrons. The summed E-state index contributed by atoms with van der Waals surface area (Å²) < 4.78 is 5.83. The van der Waals surface area contributed by atoms with E-state index in [9.17, 15) is 0 Å². The molecule has 0 aliphatic carbocycles. The molecule has 1 aromatic carbocycles. The first kappa shape index (κ1) is 9.69. The van der Waals surface area contributed by atoms with Crippen LogP contribution in [0.15, 0.2) is 24.3 Å². The normalized spacial score (nSPS) is 27.6. The fourth-order valence-electron chi connectivity index (χ4n) is 1.82. The molecule has 0 amide bonds. The Hall–Kier alpha value is -0.860. The minimum absolute atomic E-state index is 0.147. The number of morpholine rings is 1. The highest BCUT2D eigenvalue weighted by molar-refractivity contribution is 5.26. The molecule has 1 aliphatic heterocycles. The van der Waals surface area contributed by atoms with Crippen molar-refractivity contribution in [3.05, 3.63) is 35.4 Å². The molecule has 2 heteroatoms. The molecular weight excluding hydrogens is 174 g/mol. The molecule has 14 heavy (non-hydrogen) atoms. The van der Waals surface area contributed by atoms with Gasteiger partial charge in [0.15, 0.2) is 0 Å². The van der Waals surface area contributed by atoms with Crippen LogP contribution in [0, 0.1) is 6.92 Å². The first-order valence-electron chi connectivity index (χ1n) is 5.12. The van der Waals surface area contributed by atoms with Gasteiger partial charge in [-0.25, -0.2) is 0 Å². The van der Waals surface area contributed by atoms with Crippen molar-refractivity contribution in [3.8, 4) is 0 Å². The molecule has 2 nitrogen and oxygen atoms in total. The molecule has 0 saturated carbocycles. The molecule has 0 radical (unpaired) electrons. The quantitative estimate of drug-likeness (QED) is 0.731. The third kappa shape index (κ3) is 1.81. The van der Waals surface area contributed by atoms with E-state index in [4.69, 9.17) is 4.74 Å². The van der Waals surface area contributed by atoms with E-state index in [0.29, 0.717) is 0 Å². The number of hydrogen-bond donors (Lipinski definition) is 1. The van der Waals surface area contributed by atoms with Gasteiger partial charge < -0.3 is 10.1 Å². The summed E-state index contributed by atoms with van der Waals surface area (Å²) in [6.07, 6.45) is 0. The van der Waals surface area contributed by atoms with Crippen molar-refractivity contribution in [3.63, 3.8) is 0 Å². The monoisotopic (exact) mass is 191 g/mol. The van der Waals surface area contributed by atoms with Crippen molar-refractivity contribution in [1.29, 1.82) is 0 Å². The highest BCUT2D eigenvalue weighted by Crippen LogP contribution is 2.26. The van der Waals surface area contributed by atoms with Crippen molar-refractivity contribution < 1.29 is 4.74 Å². The second-order valence-corrected chi connectivity index (χ2v) is 4.12. The van der Waals surface area contributed by atoms with E-state index in [1.807, 2.05) is 0 Å². The molecular formula is C12H17NO. The van der Waals surface area contributed by atoms with E-state index in [1.54, 1.807) is 0 Å². The maximum Gasteiger partial charge on any atom is 0.103 e. The van der Waals surface area contributed by atoms with Crippen LogP contribution in [0.4, 0.5) is 0 Å². The second kappa shape index (κ2) is 3.71. The molecule has 1 saturated heterocycles. The van der Waals surface area contributed by atoms with Crippen molar-refractivity contribution in [1.82, 2.24) is 5.32 Å². The van der Waals surface area contributed by atoms with Gasteiger partial charge in [-0.05, 0) is 19.4 Å². The maximum atomic E-state index is 5.83. The van der Waals surface area contributed by atoms with E-state index in [-0.39, 0.29) is 5.60 Å². The van der Waals surface area contributed by atoms with E-state index in [1.165, 1.54) is 11.1 Å². The summed E-state index contributed by atoms with van der Waals surface area (Å²) in [6, 6.07) is 8.59. The zero-order valence-electron chi connectivity index (χ0n) is 8.84. The standard InChI is InChI=1S/C12H17NO/c1-10-3-5-11(6-4-10)12(2)9-13-7-8-14-12/h3-6,13H,7-9H2,1-2H3. The number of nitrogens with one attached hydrogen (secondary N) is 1. The van der Waals surface area contributed by atoms with Gasteiger partial charge in [0, 0.05) is 13.1 Å². The molecule has 1 N–H and O–H groups in total. The fraction of sp³-hybridized carbons (Fsp3) is 0.500. The third-order valence-electron chi connectivity index (χ3n) is 2.82. The van der Waals surface area contributed by atoms with Crippen LogP contribution in [0.2, 0.25) is 0 Å². The lowest BCUT2D eigenvalue weighted by Crippen LogP contribution is -2.45. The minimum atomic E-state index is -0.147. The Morgan fingerprint density at radius 2 is 2.00 bits per heavy atom. The largest absolute Gasteiger partial charge is 0.368 e. The van der Waals surface area contributed by atoms with E-state index >= 15 is 0 Å². The van der Waals surface area contributed by atoms with Gasteiger partial charge in [0.25, 0.3) is 0 Å². The number of ether oxygens (including phenoxy) is 1. The molecule has 0 spiro atoms. The van der Waals surface area contributed by atoms with Crippen LogP contribution in [-0.2, 0) is 10.3 Å². The van der Waals surface area contributed by atoms with Gasteiger partial charge in [-0.2, -0.15) is 0 Å². The minimum Gasteiger partial charge on any atom is -0.368 e. The van der Waals surface area contributed by atoms with E-state index in [2.05, 4.69) is 43.4 Å². The Balaban J connectivity index is 2.23. The maximum absolute atomic E-state index is 5.83. The third-order valence-corrected chi connectivity index (χ3v) is 2.82. The number of hydrogen-bond acceptors (Lipinski definition) is 2. The number of benzene rings is 1. The van der Waals surface area contributed by atoms with Gasteiger partial charge >= 0.3 is 0 Å². The van der Waals surface area contributed by atoms with Crippen LogP contribution >= 0.6 is 0 Å². The first-order valence-corrected chi connectivity index (χ1v) is 5.12. The molecule has 1 unspecified atom stereocenters. The molecule has 1 aromatic rings. The van der Waals surface area contributed by atoms with Crippen LogP contribution in [0.3, 0.4) is 0 Å². The molecule has 0 aromatic heterocycles. The van der Waals surface area contributed by atoms with Gasteiger partial charge in [0.2, 0.25) is 0 Å². The molecule has 1 aliphatic rings. The lowest BCUT2D eigenvalue weighted by atomic mass is 9.94. The predicted octanol–water partition coefficient (Wildman–Crippen LogP) is 1.83. The van der Waals surface area contributed by atoms with Crippen LogP contribution in [-0.4, -0.2) is 19.7 Å². The second-order valence-electron chi connectivity index (χ2n) is 4.12. The van der Waals surface area contributed by atoms with Crippen molar-refractivity contribution in [2.45, 2.75) is 19.4 Å². The topological polar surface area (TPSA) is 21.3 Å². The molecule has 1 heterocycles. The summed E-state index contributed by atoms with van der Waals surface area (Å²) in [5.74, 6) is 0. The van der Waals surface area contributed by atoms with Gasteiger partial charge in [0.1, 0.15) is 5.60 Å². The summed E-state index contributed by atoms with van der Waals surface area (Å²) >= 11 is 0. The Bertz CT molecular complexity index is 299. The van der Waals surface area contributed by atoms with E-state index in [0.717, 1.165) is 19.7 Å². The van der Waals surface area contributed by atoms with Crippen molar-refractivity contribution in [2.24, 2.45) is 0 Å². The van der Waals surface area contributed by atoms with Crippen molar-refractivity contribution in [2.75, 3.05) is 19.7 Å². The van der Waals surface area contributed by atoms with Crippen LogP contribution in [0.5, 0.6) is 0 Å². The van der Waals surface area contributed by atoms with E-state index < -0.39 is 0 Å². The zero-order valence-corrected chi connectivity index (χ0v) is 8.84. The number of aryl methyl sites for hydroxylation is 1.